The third-order valence-electron chi connectivity index (χ3n) is 2.30. The van der Waals surface area contributed by atoms with Gasteiger partial charge in [0.05, 0.1) is 5.69 Å². The van der Waals surface area contributed by atoms with Crippen LogP contribution >= 0.6 is 12.6 Å². The molecule has 1 fully saturated rings. The van der Waals surface area contributed by atoms with Crippen molar-refractivity contribution >= 4 is 24.2 Å². The highest BCUT2D eigenvalue weighted by Gasteiger charge is 2.28. The van der Waals surface area contributed by atoms with E-state index >= 15 is 0 Å². The lowest BCUT2D eigenvalue weighted by molar-refractivity contribution is -0.117. The van der Waals surface area contributed by atoms with E-state index in [1.165, 1.54) is 23.1 Å². The molecule has 2 N–H and O–H groups in total. The maximum Gasteiger partial charge on any atom is 0.228 e. The van der Waals surface area contributed by atoms with Crippen molar-refractivity contribution in [3.05, 3.63) is 18.2 Å². The summed E-state index contributed by atoms with van der Waals surface area (Å²) in [4.78, 5) is 13.0. The summed E-state index contributed by atoms with van der Waals surface area (Å²) in [6.45, 7) is 0.505. The highest BCUT2D eigenvalue weighted by molar-refractivity contribution is 7.81. The molecule has 1 atom stereocenters. The molecule has 0 bridgehead atoms. The van der Waals surface area contributed by atoms with Crippen LogP contribution in [0.1, 0.15) is 6.42 Å². The Morgan fingerprint density at radius 1 is 1.27 bits per heavy atom. The second kappa shape index (κ2) is 3.66. The van der Waals surface area contributed by atoms with Gasteiger partial charge in [-0.2, -0.15) is 12.6 Å². The lowest BCUT2D eigenvalue weighted by atomic mass is 10.2. The minimum absolute atomic E-state index is 0.0157. The Kier molecular flexibility index (Phi) is 2.48. The van der Waals surface area contributed by atoms with Gasteiger partial charge in [0, 0.05) is 36.4 Å². The van der Waals surface area contributed by atoms with Gasteiger partial charge in [0.1, 0.15) is 11.5 Å². The van der Waals surface area contributed by atoms with Crippen LogP contribution in [0.15, 0.2) is 18.2 Å². The summed E-state index contributed by atoms with van der Waals surface area (Å²) in [5.74, 6) is -0.152. The molecule has 0 aromatic heterocycles. The fourth-order valence-electron chi connectivity index (χ4n) is 1.67. The monoisotopic (exact) mass is 225 g/mol. The van der Waals surface area contributed by atoms with Crippen molar-refractivity contribution in [3.63, 3.8) is 0 Å². The molecule has 0 saturated carbocycles. The first-order valence-corrected chi connectivity index (χ1v) is 5.09. The highest BCUT2D eigenvalue weighted by Crippen LogP contribution is 2.30. The lowest BCUT2D eigenvalue weighted by Gasteiger charge is -2.16. The number of nitrogens with zero attached hydrogens (tertiary/aromatic N) is 1. The Balaban J connectivity index is 2.33. The number of hydrogen-bond acceptors (Lipinski definition) is 4. The van der Waals surface area contributed by atoms with E-state index in [0.717, 1.165) is 0 Å². The molecule has 80 valence electrons. The maximum atomic E-state index is 11.5. The summed E-state index contributed by atoms with van der Waals surface area (Å²) < 4.78 is 0. The van der Waals surface area contributed by atoms with Gasteiger partial charge >= 0.3 is 0 Å². The number of amides is 1. The molecule has 1 aromatic rings. The van der Waals surface area contributed by atoms with Crippen molar-refractivity contribution in [2.75, 3.05) is 11.4 Å². The highest BCUT2D eigenvalue weighted by atomic mass is 32.1. The fraction of sp³-hybridized carbons (Fsp3) is 0.300. The summed E-state index contributed by atoms with van der Waals surface area (Å²) >= 11 is 4.23. The fourth-order valence-corrected chi connectivity index (χ4v) is 1.99. The van der Waals surface area contributed by atoms with Crippen molar-refractivity contribution in [1.82, 2.24) is 0 Å². The Morgan fingerprint density at radius 3 is 2.33 bits per heavy atom. The van der Waals surface area contributed by atoms with Crippen LogP contribution in [0.4, 0.5) is 5.69 Å². The molecule has 0 spiro atoms. The number of phenols is 2. The SMILES string of the molecule is O=C1CC(S)CN1c1cc(O)cc(O)c1. The van der Waals surface area contributed by atoms with Gasteiger partial charge in [-0.15, -0.1) is 0 Å². The molecule has 1 unspecified atom stereocenters. The Hall–Kier alpha value is -1.36. The van der Waals surface area contributed by atoms with E-state index in [4.69, 9.17) is 0 Å². The van der Waals surface area contributed by atoms with Gasteiger partial charge in [-0.25, -0.2) is 0 Å². The molecule has 0 radical (unpaired) electrons. The largest absolute Gasteiger partial charge is 0.508 e. The first kappa shape index (κ1) is 10.2. The van der Waals surface area contributed by atoms with Gasteiger partial charge < -0.3 is 15.1 Å². The van der Waals surface area contributed by atoms with Crippen molar-refractivity contribution < 1.29 is 15.0 Å². The summed E-state index contributed by atoms with van der Waals surface area (Å²) in [6.07, 6.45) is 0.388. The van der Waals surface area contributed by atoms with Crippen LogP contribution in [0.5, 0.6) is 11.5 Å². The lowest BCUT2D eigenvalue weighted by Crippen LogP contribution is -2.24. The molecule has 1 saturated heterocycles. The van der Waals surface area contributed by atoms with Crippen molar-refractivity contribution in [2.24, 2.45) is 0 Å². The first-order chi connectivity index (χ1) is 7.06. The topological polar surface area (TPSA) is 60.8 Å². The van der Waals surface area contributed by atoms with Gasteiger partial charge in [-0.1, -0.05) is 0 Å². The number of carbonyl (C=O) groups excluding carboxylic acids is 1. The molecule has 15 heavy (non-hydrogen) atoms. The molecular formula is C10H11NO3S. The van der Waals surface area contributed by atoms with E-state index in [-0.39, 0.29) is 22.7 Å². The van der Waals surface area contributed by atoms with E-state index in [0.29, 0.717) is 18.7 Å². The minimum Gasteiger partial charge on any atom is -0.508 e. The zero-order valence-electron chi connectivity index (χ0n) is 7.92. The van der Waals surface area contributed by atoms with Gasteiger partial charge in [-0.05, 0) is 0 Å². The molecule has 1 amide bonds. The van der Waals surface area contributed by atoms with Crippen molar-refractivity contribution in [2.45, 2.75) is 11.7 Å². The molecule has 1 heterocycles. The van der Waals surface area contributed by atoms with Crippen molar-refractivity contribution in [1.29, 1.82) is 0 Å². The summed E-state index contributed by atoms with van der Waals surface area (Å²) in [5.41, 5.74) is 0.508. The van der Waals surface area contributed by atoms with Crippen LogP contribution in [-0.2, 0) is 4.79 Å². The molecule has 1 aliphatic heterocycles. The number of aromatic hydroxyl groups is 2. The van der Waals surface area contributed by atoms with E-state index in [1.807, 2.05) is 0 Å². The standard InChI is InChI=1S/C10H11NO3S/c12-7-1-6(2-8(13)3-7)11-5-9(15)4-10(11)14/h1-3,9,12-13,15H,4-5H2. The quantitative estimate of drug-likeness (QED) is 0.628. The Labute approximate surface area is 92.6 Å². The Bertz CT molecular complexity index is 387. The third-order valence-corrected chi connectivity index (χ3v) is 2.65. The second-order valence-electron chi connectivity index (χ2n) is 3.57. The van der Waals surface area contributed by atoms with E-state index in [1.54, 1.807) is 0 Å². The number of rotatable bonds is 1. The number of carbonyl (C=O) groups is 1. The summed E-state index contributed by atoms with van der Waals surface area (Å²) in [5, 5.41) is 18.6. The Morgan fingerprint density at radius 2 is 1.87 bits per heavy atom. The van der Waals surface area contributed by atoms with Crippen LogP contribution in [0.2, 0.25) is 0 Å². The average Bonchev–Trinajstić information content (AvgIpc) is 2.43. The number of benzene rings is 1. The van der Waals surface area contributed by atoms with Crippen molar-refractivity contribution in [3.8, 4) is 11.5 Å². The molecule has 2 rings (SSSR count). The van der Waals surface area contributed by atoms with Gasteiger partial charge in [0.25, 0.3) is 0 Å². The van der Waals surface area contributed by atoms with Crippen LogP contribution in [0, 0.1) is 0 Å². The second-order valence-corrected chi connectivity index (χ2v) is 4.30. The van der Waals surface area contributed by atoms with Gasteiger partial charge in [-0.3, -0.25) is 4.79 Å². The van der Waals surface area contributed by atoms with Crippen LogP contribution in [-0.4, -0.2) is 27.9 Å². The minimum atomic E-state index is -0.0552. The average molecular weight is 225 g/mol. The van der Waals surface area contributed by atoms with Gasteiger partial charge in [0.15, 0.2) is 0 Å². The van der Waals surface area contributed by atoms with Gasteiger partial charge in [0.2, 0.25) is 5.91 Å². The molecule has 0 aliphatic carbocycles. The third kappa shape index (κ3) is 2.02. The van der Waals surface area contributed by atoms with E-state index < -0.39 is 0 Å². The molecule has 4 nitrogen and oxygen atoms in total. The van der Waals surface area contributed by atoms with Crippen LogP contribution in [0.3, 0.4) is 0 Å². The zero-order valence-corrected chi connectivity index (χ0v) is 8.82. The van der Waals surface area contributed by atoms with Crippen LogP contribution < -0.4 is 4.90 Å². The van der Waals surface area contributed by atoms with E-state index in [9.17, 15) is 15.0 Å². The predicted octanol–water partition coefficient (Wildman–Crippen LogP) is 1.13. The molecule has 1 aliphatic rings. The normalized spacial score (nSPS) is 21.0. The molecule has 1 aromatic carbocycles. The number of hydrogen-bond donors (Lipinski definition) is 3. The maximum absolute atomic E-state index is 11.5. The van der Waals surface area contributed by atoms with E-state index in [2.05, 4.69) is 12.6 Å². The molecular weight excluding hydrogens is 214 g/mol. The predicted molar refractivity (Wildman–Crippen MR) is 59.5 cm³/mol. The first-order valence-electron chi connectivity index (χ1n) is 4.58. The number of thiol groups is 1. The number of phenolic OH excluding ortho intramolecular Hbond substituents is 2. The zero-order chi connectivity index (χ0) is 11.0. The number of anilines is 1. The summed E-state index contributed by atoms with van der Waals surface area (Å²) in [6, 6.07) is 4.12. The molecule has 5 heteroatoms. The van der Waals surface area contributed by atoms with Crippen LogP contribution in [0.25, 0.3) is 0 Å². The smallest absolute Gasteiger partial charge is 0.228 e. The summed E-state index contributed by atoms with van der Waals surface area (Å²) in [7, 11) is 0.